The van der Waals surface area contributed by atoms with Gasteiger partial charge < -0.3 is 20.0 Å². The van der Waals surface area contributed by atoms with Crippen molar-refractivity contribution in [2.75, 3.05) is 66.5 Å². The highest BCUT2D eigenvalue weighted by molar-refractivity contribution is 5.75. The van der Waals surface area contributed by atoms with Gasteiger partial charge in [0.2, 0.25) is 0 Å². The fourth-order valence-corrected chi connectivity index (χ4v) is 5.23. The number of hydrogen-bond acceptors (Lipinski definition) is 6. The molecular formula is C30H42N4O2. The molecule has 2 aromatic carbocycles. The Bertz CT molecular complexity index is 1070. The molecule has 2 heterocycles. The lowest BCUT2D eigenvalue weighted by molar-refractivity contribution is 0.147. The summed E-state index contributed by atoms with van der Waals surface area (Å²) in [5.74, 6) is 0.680. The number of likely N-dealkylation sites (N-methyl/N-ethyl adjacent to an activating group) is 2. The number of aromatic hydroxyl groups is 2. The molecule has 0 amide bonds. The minimum absolute atomic E-state index is 0.336. The second-order valence-electron chi connectivity index (χ2n) is 10.4. The van der Waals surface area contributed by atoms with Crippen molar-refractivity contribution in [3.05, 3.63) is 71.8 Å². The molecular weight excluding hydrogens is 448 g/mol. The molecule has 0 aliphatic carbocycles. The molecule has 0 saturated carbocycles. The third-order valence-corrected chi connectivity index (χ3v) is 7.55. The summed E-state index contributed by atoms with van der Waals surface area (Å²) in [5.41, 5.74) is 5.61. The van der Waals surface area contributed by atoms with Crippen LogP contribution >= 0.6 is 0 Å². The van der Waals surface area contributed by atoms with Gasteiger partial charge in [0, 0.05) is 82.1 Å². The first-order valence-electron chi connectivity index (χ1n) is 13.1. The standard InChI is InChI=1S/C30H42N4O2/c1-5-7-23-17-26(21-33-13-9-31(3)10-14-33)30(36)28(18-23)25-19-24(8-6-2)29(35)27(20-25)22-34-15-11-32(4)12-16-34/h5-6,17-20,35-36H,1-2,7-16,21-22H2,3-4H3. The normalized spacial score (nSPS) is 18.4. The average Bonchev–Trinajstić information content (AvgIpc) is 2.86. The number of phenolic OH excluding ortho intramolecular Hbond substituents is 2. The largest absolute Gasteiger partial charge is 0.507 e. The van der Waals surface area contributed by atoms with Gasteiger partial charge >= 0.3 is 0 Å². The summed E-state index contributed by atoms with van der Waals surface area (Å²) in [7, 11) is 4.30. The first-order valence-corrected chi connectivity index (χ1v) is 13.1. The summed E-state index contributed by atoms with van der Waals surface area (Å²) < 4.78 is 0. The van der Waals surface area contributed by atoms with Crippen LogP contribution in [0, 0.1) is 0 Å². The molecule has 194 valence electrons. The van der Waals surface area contributed by atoms with Crippen LogP contribution in [0.4, 0.5) is 0 Å². The summed E-state index contributed by atoms with van der Waals surface area (Å²) in [4.78, 5) is 9.48. The molecule has 2 fully saturated rings. The van der Waals surface area contributed by atoms with Crippen molar-refractivity contribution in [1.29, 1.82) is 0 Å². The molecule has 2 aromatic rings. The van der Waals surface area contributed by atoms with E-state index >= 15 is 0 Å². The van der Waals surface area contributed by atoms with Crippen LogP contribution in [0.15, 0.2) is 49.6 Å². The number of rotatable bonds is 9. The Morgan fingerprint density at radius 2 is 1.17 bits per heavy atom. The summed E-state index contributed by atoms with van der Waals surface area (Å²) in [6.45, 7) is 17.3. The van der Waals surface area contributed by atoms with Crippen LogP contribution in [0.2, 0.25) is 0 Å². The highest BCUT2D eigenvalue weighted by Gasteiger charge is 2.21. The number of hydrogen-bond donors (Lipinski definition) is 2. The van der Waals surface area contributed by atoms with Crippen LogP contribution < -0.4 is 0 Å². The van der Waals surface area contributed by atoms with Gasteiger partial charge in [0.05, 0.1) is 0 Å². The maximum atomic E-state index is 11.5. The van der Waals surface area contributed by atoms with Gasteiger partial charge in [-0.05, 0) is 61.8 Å². The molecule has 2 N–H and O–H groups in total. The molecule has 6 heteroatoms. The Balaban J connectivity index is 1.71. The van der Waals surface area contributed by atoms with Crippen LogP contribution in [0.1, 0.15) is 22.3 Å². The fourth-order valence-electron chi connectivity index (χ4n) is 5.23. The van der Waals surface area contributed by atoms with Crippen LogP contribution in [0.3, 0.4) is 0 Å². The third-order valence-electron chi connectivity index (χ3n) is 7.55. The first kappa shape index (κ1) is 26.4. The second kappa shape index (κ2) is 12.1. The predicted octanol–water partition coefficient (Wildman–Crippen LogP) is 3.72. The highest BCUT2D eigenvalue weighted by atomic mass is 16.3. The third kappa shape index (κ3) is 6.37. The maximum absolute atomic E-state index is 11.5. The zero-order valence-corrected chi connectivity index (χ0v) is 22.0. The van der Waals surface area contributed by atoms with Crippen LogP contribution in [-0.4, -0.2) is 96.3 Å². The van der Waals surface area contributed by atoms with E-state index < -0.39 is 0 Å². The molecule has 36 heavy (non-hydrogen) atoms. The molecule has 2 aliphatic rings. The van der Waals surface area contributed by atoms with E-state index in [1.807, 2.05) is 18.2 Å². The maximum Gasteiger partial charge on any atom is 0.127 e. The number of nitrogens with zero attached hydrogens (tertiary/aromatic N) is 4. The Labute approximate surface area is 216 Å². The van der Waals surface area contributed by atoms with Gasteiger partial charge in [0.15, 0.2) is 0 Å². The monoisotopic (exact) mass is 490 g/mol. The van der Waals surface area contributed by atoms with E-state index in [1.165, 1.54) is 0 Å². The van der Waals surface area contributed by atoms with Crippen LogP contribution in [0.25, 0.3) is 11.1 Å². The lowest BCUT2D eigenvalue weighted by Crippen LogP contribution is -2.43. The Morgan fingerprint density at radius 3 is 1.69 bits per heavy atom. The van der Waals surface area contributed by atoms with Crippen molar-refractivity contribution < 1.29 is 10.2 Å². The lowest BCUT2D eigenvalue weighted by Gasteiger charge is -2.33. The predicted molar refractivity (Wildman–Crippen MR) is 149 cm³/mol. The van der Waals surface area contributed by atoms with Gasteiger partial charge in [-0.2, -0.15) is 0 Å². The van der Waals surface area contributed by atoms with Crippen LogP contribution in [-0.2, 0) is 25.9 Å². The number of benzene rings is 2. The van der Waals surface area contributed by atoms with Gasteiger partial charge in [0.1, 0.15) is 11.5 Å². The molecule has 2 saturated heterocycles. The molecule has 4 rings (SSSR count). The van der Waals surface area contributed by atoms with E-state index in [2.05, 4.69) is 65.1 Å². The topological polar surface area (TPSA) is 53.4 Å². The van der Waals surface area contributed by atoms with Gasteiger partial charge in [-0.3, -0.25) is 9.80 Å². The quantitative estimate of drug-likeness (QED) is 0.523. The van der Waals surface area contributed by atoms with E-state index in [9.17, 15) is 10.2 Å². The van der Waals surface area contributed by atoms with E-state index in [0.717, 1.165) is 98.7 Å². The van der Waals surface area contributed by atoms with Crippen molar-refractivity contribution in [3.8, 4) is 22.6 Å². The zero-order chi connectivity index (χ0) is 25.7. The molecule has 2 aliphatic heterocycles. The summed E-state index contributed by atoms with van der Waals surface area (Å²) in [5, 5.41) is 22.6. The summed E-state index contributed by atoms with van der Waals surface area (Å²) in [6.07, 6.45) is 5.06. The molecule has 0 spiro atoms. The van der Waals surface area contributed by atoms with Gasteiger partial charge in [0.25, 0.3) is 0 Å². The summed E-state index contributed by atoms with van der Waals surface area (Å²) in [6, 6.07) is 8.27. The van der Waals surface area contributed by atoms with Crippen molar-refractivity contribution in [2.45, 2.75) is 25.9 Å². The number of piperazine rings is 2. The second-order valence-corrected chi connectivity index (χ2v) is 10.4. The van der Waals surface area contributed by atoms with E-state index in [4.69, 9.17) is 0 Å². The molecule has 0 bridgehead atoms. The van der Waals surface area contributed by atoms with E-state index in [0.29, 0.717) is 24.5 Å². The van der Waals surface area contributed by atoms with E-state index in [1.54, 1.807) is 0 Å². The molecule has 0 aromatic heterocycles. The van der Waals surface area contributed by atoms with E-state index in [-0.39, 0.29) is 0 Å². The van der Waals surface area contributed by atoms with Crippen LogP contribution in [0.5, 0.6) is 11.5 Å². The molecule has 0 unspecified atom stereocenters. The fraction of sp³-hybridized carbons (Fsp3) is 0.467. The zero-order valence-electron chi connectivity index (χ0n) is 22.0. The average molecular weight is 491 g/mol. The Morgan fingerprint density at radius 1 is 0.667 bits per heavy atom. The number of allylic oxidation sites excluding steroid dienone is 2. The first-order chi connectivity index (χ1) is 17.4. The summed E-state index contributed by atoms with van der Waals surface area (Å²) >= 11 is 0. The van der Waals surface area contributed by atoms with Gasteiger partial charge in [-0.1, -0.05) is 18.2 Å². The molecule has 6 nitrogen and oxygen atoms in total. The lowest BCUT2D eigenvalue weighted by atomic mass is 9.92. The Kier molecular flexibility index (Phi) is 8.86. The van der Waals surface area contributed by atoms with Crippen molar-refractivity contribution in [3.63, 3.8) is 0 Å². The van der Waals surface area contributed by atoms with Gasteiger partial charge in [-0.15, -0.1) is 13.2 Å². The van der Waals surface area contributed by atoms with Crippen molar-refractivity contribution >= 4 is 0 Å². The van der Waals surface area contributed by atoms with Crippen molar-refractivity contribution in [1.82, 2.24) is 19.6 Å². The Hall–Kier alpha value is -2.64. The van der Waals surface area contributed by atoms with Gasteiger partial charge in [-0.25, -0.2) is 0 Å². The smallest absolute Gasteiger partial charge is 0.127 e. The minimum Gasteiger partial charge on any atom is -0.507 e. The van der Waals surface area contributed by atoms with Crippen molar-refractivity contribution in [2.24, 2.45) is 0 Å². The molecule has 0 radical (unpaired) electrons. The SMILES string of the molecule is C=CCc1cc(CN2CCN(C)CC2)c(O)c(-c2cc(CC=C)c(O)c(CN3CCN(C)CC3)c2)c1. The minimum atomic E-state index is 0.336. The molecule has 0 atom stereocenters. The number of phenols is 2. The highest BCUT2D eigenvalue weighted by Crippen LogP contribution is 2.39.